The average molecular weight is 264 g/mol. The van der Waals surface area contributed by atoms with Gasteiger partial charge < -0.3 is 0 Å². The molecule has 0 bridgehead atoms. The van der Waals surface area contributed by atoms with Crippen molar-refractivity contribution in [3.8, 4) is 0 Å². The second-order valence-electron chi connectivity index (χ2n) is 4.21. The largest absolute Gasteiger partial charge is 0.324 e. The first-order chi connectivity index (χ1) is 7.52. The molecule has 1 amide bonds. The molecule has 1 aliphatic heterocycles. The highest BCUT2D eigenvalue weighted by Gasteiger charge is 2.47. The van der Waals surface area contributed by atoms with Crippen LogP contribution < -0.4 is 0 Å². The van der Waals surface area contributed by atoms with Crippen molar-refractivity contribution < 1.29 is 13.2 Å². The number of nitrogens with zero attached hydrogens (tertiary/aromatic N) is 1. The number of hydrogen-bond acceptors (Lipinski definition) is 3. The molecule has 1 aliphatic carbocycles. The van der Waals surface area contributed by atoms with Crippen molar-refractivity contribution >= 4 is 25.8 Å². The lowest BCUT2D eigenvalue weighted by Gasteiger charge is -2.39. The third-order valence-electron chi connectivity index (χ3n) is 3.12. The van der Waals surface area contributed by atoms with Crippen LogP contribution in [0.1, 0.15) is 38.5 Å². The van der Waals surface area contributed by atoms with Crippen LogP contribution in [0.4, 0.5) is 0 Å². The molecule has 4 nitrogen and oxygen atoms in total. The van der Waals surface area contributed by atoms with E-state index in [1.54, 1.807) is 0 Å². The third kappa shape index (κ3) is 2.11. The highest BCUT2D eigenvalue weighted by atomic mass is 35.7. The Morgan fingerprint density at radius 2 is 1.94 bits per heavy atom. The number of hydrogen-bond donors (Lipinski definition) is 0. The summed E-state index contributed by atoms with van der Waals surface area (Å²) in [6.07, 6.45) is 7.66. The normalized spacial score (nSPS) is 27.1. The lowest BCUT2D eigenvalue weighted by Crippen LogP contribution is -2.56. The van der Waals surface area contributed by atoms with Crippen molar-refractivity contribution in [1.82, 2.24) is 4.31 Å². The second-order valence-corrected chi connectivity index (χ2v) is 6.60. The molecule has 0 N–H and O–H groups in total. The molecule has 0 aromatic carbocycles. The van der Waals surface area contributed by atoms with Gasteiger partial charge in [0.1, 0.15) is 0 Å². The Morgan fingerprint density at radius 3 is 2.62 bits per heavy atom. The maximum atomic E-state index is 11.6. The second kappa shape index (κ2) is 4.37. The van der Waals surface area contributed by atoms with E-state index in [0.29, 0.717) is 12.0 Å². The van der Waals surface area contributed by atoms with Gasteiger partial charge in [0, 0.05) is 16.3 Å². The Kier molecular flexibility index (Phi) is 3.26. The minimum absolute atomic E-state index is 0.312. The van der Waals surface area contributed by atoms with E-state index in [4.69, 9.17) is 10.7 Å². The zero-order chi connectivity index (χ0) is 11.8. The van der Waals surface area contributed by atoms with Gasteiger partial charge in [-0.2, -0.15) is 8.42 Å². The van der Waals surface area contributed by atoms with Gasteiger partial charge in [0.15, 0.2) is 0 Å². The van der Waals surface area contributed by atoms with Crippen molar-refractivity contribution in [2.75, 3.05) is 0 Å². The maximum Gasteiger partial charge on any atom is 0.324 e. The molecular formula is C10H14ClNO3S. The summed E-state index contributed by atoms with van der Waals surface area (Å²) in [7, 11) is 1.32. The van der Waals surface area contributed by atoms with E-state index >= 15 is 0 Å². The molecule has 0 radical (unpaired) electrons. The first kappa shape index (κ1) is 11.9. The molecule has 0 spiro atoms. The maximum absolute atomic E-state index is 11.6. The van der Waals surface area contributed by atoms with Gasteiger partial charge in [0.25, 0.3) is 5.91 Å². The molecule has 1 unspecified atom stereocenters. The first-order valence-corrected chi connectivity index (χ1v) is 7.77. The molecule has 1 saturated heterocycles. The minimum atomic E-state index is -3.91. The number of rotatable bonds is 1. The lowest BCUT2D eigenvalue weighted by atomic mass is 9.93. The third-order valence-corrected chi connectivity index (χ3v) is 4.46. The summed E-state index contributed by atoms with van der Waals surface area (Å²) in [6.45, 7) is 0. The van der Waals surface area contributed by atoms with Crippen LogP contribution >= 0.6 is 10.7 Å². The molecule has 0 aromatic heterocycles. The summed E-state index contributed by atoms with van der Waals surface area (Å²) < 4.78 is 23.2. The van der Waals surface area contributed by atoms with E-state index in [0.717, 1.165) is 36.4 Å². The van der Waals surface area contributed by atoms with Crippen LogP contribution in [0.5, 0.6) is 0 Å². The van der Waals surface area contributed by atoms with Gasteiger partial charge in [-0.25, -0.2) is 4.31 Å². The molecule has 0 aromatic rings. The van der Waals surface area contributed by atoms with E-state index < -0.39 is 15.1 Å². The summed E-state index contributed by atoms with van der Waals surface area (Å²) in [5.74, 6) is -0.443. The topological polar surface area (TPSA) is 54.5 Å². The molecule has 6 heteroatoms. The Balaban J connectivity index is 2.22. The molecule has 1 atom stereocenters. The highest BCUT2D eigenvalue weighted by Crippen LogP contribution is 2.35. The molecular weight excluding hydrogens is 250 g/mol. The summed E-state index contributed by atoms with van der Waals surface area (Å²) in [5, 5.41) is 0. The van der Waals surface area contributed by atoms with Crippen LogP contribution in [0.2, 0.25) is 0 Å². The number of amides is 1. The van der Waals surface area contributed by atoms with Crippen molar-refractivity contribution in [2.24, 2.45) is 0 Å². The zero-order valence-electron chi connectivity index (χ0n) is 8.86. The molecule has 2 rings (SSSR count). The monoisotopic (exact) mass is 263 g/mol. The van der Waals surface area contributed by atoms with E-state index in [2.05, 4.69) is 0 Å². The van der Waals surface area contributed by atoms with Crippen molar-refractivity contribution in [3.05, 3.63) is 11.6 Å². The van der Waals surface area contributed by atoms with Gasteiger partial charge >= 0.3 is 9.24 Å². The highest BCUT2D eigenvalue weighted by molar-refractivity contribution is 8.12. The zero-order valence-corrected chi connectivity index (χ0v) is 10.4. The summed E-state index contributed by atoms with van der Waals surface area (Å²) in [4.78, 5) is 11.6. The number of β-lactam (4-membered cyclic amide) rings is 1. The van der Waals surface area contributed by atoms with Crippen molar-refractivity contribution in [1.29, 1.82) is 0 Å². The number of halogens is 1. The Hall–Kier alpha value is -0.550. The number of carbonyl (C=O) groups is 1. The fourth-order valence-electron chi connectivity index (χ4n) is 2.31. The molecule has 2 aliphatic rings. The molecule has 1 fully saturated rings. The Bertz CT molecular complexity index is 429. The fourth-order valence-corrected chi connectivity index (χ4v) is 3.61. The molecule has 90 valence electrons. The quantitative estimate of drug-likeness (QED) is 0.537. The summed E-state index contributed by atoms with van der Waals surface area (Å²) in [6, 6.07) is -0.312. The fraction of sp³-hybridized carbons (Fsp3) is 0.700. The molecule has 1 heterocycles. The SMILES string of the molecule is O=C1C2=CCCCCCCC2N1S(=O)(=O)Cl. The van der Waals surface area contributed by atoms with E-state index in [1.807, 2.05) is 6.08 Å². The minimum Gasteiger partial charge on any atom is -0.268 e. The summed E-state index contributed by atoms with van der Waals surface area (Å²) >= 11 is 0. The van der Waals surface area contributed by atoms with E-state index in [9.17, 15) is 13.2 Å². The van der Waals surface area contributed by atoms with Crippen LogP contribution in [-0.4, -0.2) is 24.7 Å². The average Bonchev–Trinajstić information content (AvgIpc) is 2.25. The van der Waals surface area contributed by atoms with Crippen LogP contribution in [-0.2, 0) is 14.0 Å². The predicted octanol–water partition coefficient (Wildman–Crippen LogP) is 1.96. The van der Waals surface area contributed by atoms with Gasteiger partial charge in [0.05, 0.1) is 6.04 Å². The van der Waals surface area contributed by atoms with Gasteiger partial charge in [0.2, 0.25) is 0 Å². The summed E-state index contributed by atoms with van der Waals surface area (Å²) in [5.41, 5.74) is 0.631. The van der Waals surface area contributed by atoms with Gasteiger partial charge in [-0.1, -0.05) is 25.3 Å². The van der Waals surface area contributed by atoms with Gasteiger partial charge in [-0.15, -0.1) is 0 Å². The van der Waals surface area contributed by atoms with Crippen LogP contribution in [0.15, 0.2) is 11.6 Å². The van der Waals surface area contributed by atoms with E-state index in [-0.39, 0.29) is 6.04 Å². The number of allylic oxidation sites excluding steroid dienone is 1. The van der Waals surface area contributed by atoms with E-state index in [1.165, 1.54) is 0 Å². The van der Waals surface area contributed by atoms with Crippen molar-refractivity contribution in [3.63, 3.8) is 0 Å². The molecule has 16 heavy (non-hydrogen) atoms. The molecule has 0 saturated carbocycles. The van der Waals surface area contributed by atoms with Crippen LogP contribution in [0.25, 0.3) is 0 Å². The standard InChI is InChI=1S/C10H14ClNO3S/c11-16(14,15)12-9-7-5-3-1-2-4-6-8(9)10(12)13/h6,9H,1-5,7H2. The van der Waals surface area contributed by atoms with Gasteiger partial charge in [-0.3, -0.25) is 4.79 Å². The smallest absolute Gasteiger partial charge is 0.268 e. The Morgan fingerprint density at radius 1 is 1.25 bits per heavy atom. The van der Waals surface area contributed by atoms with Gasteiger partial charge in [-0.05, 0) is 19.3 Å². The van der Waals surface area contributed by atoms with Crippen LogP contribution in [0.3, 0.4) is 0 Å². The number of fused-ring (bicyclic) bond motifs is 1. The number of carbonyl (C=O) groups excluding carboxylic acids is 1. The van der Waals surface area contributed by atoms with Crippen molar-refractivity contribution in [2.45, 2.75) is 44.6 Å². The van der Waals surface area contributed by atoms with Crippen LogP contribution in [0, 0.1) is 0 Å². The Labute approximate surface area is 99.8 Å². The first-order valence-electron chi connectivity index (χ1n) is 5.50. The predicted molar refractivity (Wildman–Crippen MR) is 61.2 cm³/mol. The lowest BCUT2D eigenvalue weighted by molar-refractivity contribution is -0.130.